The number of halogens is 9. The molecule has 2 saturated carbocycles. The van der Waals surface area contributed by atoms with E-state index in [1.54, 1.807) is 21.6 Å². The van der Waals surface area contributed by atoms with E-state index >= 15 is 0 Å². The Kier molecular flexibility index (Phi) is 17.8. The van der Waals surface area contributed by atoms with Gasteiger partial charge in [-0.2, -0.15) is 39.5 Å². The first kappa shape index (κ1) is 51.5. The van der Waals surface area contributed by atoms with Crippen LogP contribution in [0.5, 0.6) is 5.75 Å². The third-order valence-corrected chi connectivity index (χ3v) is 18.1. The Balaban J connectivity index is 1.17. The third kappa shape index (κ3) is 11.4. The number of amides is 1. The maximum Gasteiger partial charge on any atom is 0.435 e. The molecule has 0 spiro atoms. The number of carbonyl (C=O) groups is 1. The number of ether oxygens (including phenoxy) is 3. The van der Waals surface area contributed by atoms with Crippen LogP contribution in [0.3, 0.4) is 0 Å². The number of hydrogen-bond donors (Lipinski definition) is 1. The Morgan fingerprint density at radius 2 is 1.61 bits per heavy atom. The number of hydrogen-bond acceptors (Lipinski definition) is 9. The van der Waals surface area contributed by atoms with Crippen molar-refractivity contribution in [2.45, 2.75) is 153 Å². The number of fused-ring (bicyclic) bond motifs is 5. The minimum atomic E-state index is -6.76. The normalized spacial score (nSPS) is 26.3. The second-order valence-electron chi connectivity index (χ2n) is 17.6. The molecule has 3 fully saturated rings. The summed E-state index contributed by atoms with van der Waals surface area (Å²) in [5.41, 5.74) is -4.27. The molecule has 8 nitrogen and oxygen atoms in total. The van der Waals surface area contributed by atoms with Crippen LogP contribution >= 0.6 is 29.9 Å². The van der Waals surface area contributed by atoms with Gasteiger partial charge in [-0.15, -0.1) is 0 Å². The number of carbonyl (C=O) groups excluding carboxylic acids is 1. The molecule has 1 saturated heterocycles. The zero-order valence-corrected chi connectivity index (χ0v) is 38.5. The first-order valence-electron chi connectivity index (χ1n) is 21.6. The molecule has 0 radical (unpaired) electrons. The summed E-state index contributed by atoms with van der Waals surface area (Å²) in [6.07, 6.45) is -12.6. The van der Waals surface area contributed by atoms with Crippen LogP contribution in [-0.4, -0.2) is 114 Å². The average Bonchev–Trinajstić information content (AvgIpc) is 3.52. The van der Waals surface area contributed by atoms with Crippen LogP contribution in [0.2, 0.25) is 0 Å². The number of aryl methyl sites for hydroxylation is 1. The predicted molar refractivity (Wildman–Crippen MR) is 226 cm³/mol. The molecular weight excluding hydrogens is 893 g/mol. The summed E-state index contributed by atoms with van der Waals surface area (Å²) < 4.78 is 144. The van der Waals surface area contributed by atoms with Crippen molar-refractivity contribution >= 4 is 42.2 Å². The van der Waals surface area contributed by atoms with E-state index in [9.17, 15) is 44.3 Å². The van der Waals surface area contributed by atoms with Gasteiger partial charge in [0.1, 0.15) is 14.0 Å². The summed E-state index contributed by atoms with van der Waals surface area (Å²) in [6, 6.07) is 6.52. The lowest BCUT2D eigenvalue weighted by molar-refractivity contribution is -0.457. The van der Waals surface area contributed by atoms with Crippen LogP contribution < -0.4 is 4.74 Å². The minimum absolute atomic E-state index is 0.0381. The molecule has 1 N–H and O–H groups in total. The largest absolute Gasteiger partial charge is 0.435 e. The van der Waals surface area contributed by atoms with E-state index in [2.05, 4.69) is 50.1 Å². The van der Waals surface area contributed by atoms with E-state index in [0.717, 1.165) is 61.8 Å². The van der Waals surface area contributed by atoms with Gasteiger partial charge in [-0.25, -0.2) is 4.79 Å². The number of alkyl halides is 9. The zero-order chi connectivity index (χ0) is 45.7. The highest BCUT2D eigenvalue weighted by Gasteiger charge is 2.85. The van der Waals surface area contributed by atoms with E-state index in [0.29, 0.717) is 56.2 Å². The van der Waals surface area contributed by atoms with Crippen LogP contribution in [-0.2, 0) is 20.4 Å². The standard InChI is InChI=1S/C42H61F9N3O5PS2/c1-27(2)54(28(3)4)60(23-6-18-52)58-22-7-19-53(30-16-24-61-62-26-30)37(55)59-31-10-12-32-29(25-31)9-11-34-33(32)15-17-38(5)35(34)13-14-36(38)56-20-8-21-57-39(40(43,44)45,41(46,47)48)42(49,50)51/h10,12,18,25,27-28,30,33-36,52H,6-9,11,13-17,19-24,26H2,1-5H3/t30?,33-,34-,35+,36+,38+,60?/m1/s1. The summed E-state index contributed by atoms with van der Waals surface area (Å²) in [4.78, 5) is 15.7. The third-order valence-electron chi connectivity index (χ3n) is 13.1. The van der Waals surface area contributed by atoms with E-state index in [1.807, 2.05) is 17.0 Å². The first-order valence-corrected chi connectivity index (χ1v) is 25.4. The molecule has 0 bridgehead atoms. The molecule has 1 amide bonds. The predicted octanol–water partition coefficient (Wildman–Crippen LogP) is 12.6. The van der Waals surface area contributed by atoms with Crippen molar-refractivity contribution in [1.82, 2.24) is 9.57 Å². The Morgan fingerprint density at radius 1 is 0.919 bits per heavy atom. The number of nitrogens with one attached hydrogen (secondary N) is 1. The summed E-state index contributed by atoms with van der Waals surface area (Å²) in [5.74, 6) is 3.01. The van der Waals surface area contributed by atoms with Crippen molar-refractivity contribution in [2.24, 2.45) is 17.3 Å². The lowest BCUT2D eigenvalue weighted by Gasteiger charge is -2.50. The van der Waals surface area contributed by atoms with Gasteiger partial charge in [0.25, 0.3) is 0 Å². The van der Waals surface area contributed by atoms with Crippen LogP contribution in [0.4, 0.5) is 44.3 Å². The maximum absolute atomic E-state index is 13.9. The molecule has 1 heterocycles. The van der Waals surface area contributed by atoms with Crippen molar-refractivity contribution in [1.29, 1.82) is 5.41 Å². The smallest absolute Gasteiger partial charge is 0.410 e. The summed E-state index contributed by atoms with van der Waals surface area (Å²) in [7, 11) is 2.66. The Bertz CT molecular complexity index is 1590. The first-order chi connectivity index (χ1) is 29.1. The SMILES string of the molecule is CC(C)N(C(C)C)P(CCC=N)OCCCN(C(=O)Oc1ccc2c(c1)CC[C@@H]1[C@@H]2CC[C@]2(C)[C@@H](OCCCOC(C(F)(F)F)(C(F)(F)F)C(F)(F)F)CC[C@@H]12)C1CCSSC1. The van der Waals surface area contributed by atoms with E-state index < -0.39 is 45.5 Å². The van der Waals surface area contributed by atoms with E-state index in [4.69, 9.17) is 19.4 Å². The monoisotopic (exact) mass is 953 g/mol. The Hall–Kier alpha value is -1.50. The lowest BCUT2D eigenvalue weighted by Crippen LogP contribution is -2.67. The number of benzene rings is 1. The highest BCUT2D eigenvalue weighted by Crippen LogP contribution is 2.62. The van der Waals surface area contributed by atoms with Crippen molar-refractivity contribution < 1.29 is 63.0 Å². The average molecular weight is 954 g/mol. The van der Waals surface area contributed by atoms with Crippen molar-refractivity contribution in [3.05, 3.63) is 29.3 Å². The van der Waals surface area contributed by atoms with Gasteiger partial charge in [-0.3, -0.25) is 4.67 Å². The quantitative estimate of drug-likeness (QED) is 0.0483. The van der Waals surface area contributed by atoms with Crippen molar-refractivity contribution in [3.63, 3.8) is 0 Å². The van der Waals surface area contributed by atoms with Gasteiger partial charge in [-0.1, -0.05) is 34.6 Å². The Morgan fingerprint density at radius 3 is 2.23 bits per heavy atom. The highest BCUT2D eigenvalue weighted by molar-refractivity contribution is 8.76. The second kappa shape index (κ2) is 21.4. The molecule has 62 heavy (non-hydrogen) atoms. The fourth-order valence-electron chi connectivity index (χ4n) is 10.3. The van der Waals surface area contributed by atoms with Gasteiger partial charge in [-0.05, 0) is 145 Å². The van der Waals surface area contributed by atoms with Gasteiger partial charge in [0.05, 0.1) is 19.3 Å². The van der Waals surface area contributed by atoms with Crippen LogP contribution in [0.25, 0.3) is 0 Å². The molecule has 354 valence electrons. The van der Waals surface area contributed by atoms with Crippen LogP contribution in [0, 0.1) is 22.7 Å². The summed E-state index contributed by atoms with van der Waals surface area (Å²) >= 11 is 0. The maximum atomic E-state index is 13.9. The topological polar surface area (TPSA) is 84.3 Å². The molecule has 7 atom stereocenters. The summed E-state index contributed by atoms with van der Waals surface area (Å²) in [5, 5.41) is 7.56. The molecule has 3 aliphatic carbocycles. The minimum Gasteiger partial charge on any atom is -0.410 e. The molecule has 0 aromatic heterocycles. The molecule has 1 aromatic rings. The van der Waals surface area contributed by atoms with Gasteiger partial charge in [0, 0.05) is 48.9 Å². The molecular formula is C42H61F9N3O5PS2. The van der Waals surface area contributed by atoms with Crippen LogP contribution in [0.1, 0.15) is 109 Å². The fourth-order valence-corrected chi connectivity index (χ4v) is 15.0. The molecule has 4 aliphatic rings. The number of rotatable bonds is 19. The van der Waals surface area contributed by atoms with Gasteiger partial charge in [0.15, 0.2) is 0 Å². The molecule has 5 rings (SSSR count). The lowest BCUT2D eigenvalue weighted by atomic mass is 9.55. The molecule has 1 aliphatic heterocycles. The fraction of sp³-hybridized carbons (Fsp3) is 0.810. The van der Waals surface area contributed by atoms with Gasteiger partial charge >= 0.3 is 30.2 Å². The van der Waals surface area contributed by atoms with E-state index in [1.165, 1.54) is 11.8 Å². The molecule has 20 heteroatoms. The molecule has 1 aromatic carbocycles. The van der Waals surface area contributed by atoms with Gasteiger partial charge < -0.3 is 29.0 Å². The zero-order valence-electron chi connectivity index (χ0n) is 36.0. The van der Waals surface area contributed by atoms with Crippen molar-refractivity contribution in [2.75, 3.05) is 44.0 Å². The highest BCUT2D eigenvalue weighted by atomic mass is 33.1. The summed E-state index contributed by atoms with van der Waals surface area (Å²) in [6.45, 7) is 9.90. The van der Waals surface area contributed by atoms with Crippen LogP contribution in [0.15, 0.2) is 18.2 Å². The van der Waals surface area contributed by atoms with E-state index in [-0.39, 0.29) is 42.1 Å². The molecule has 2 unspecified atom stereocenters. The van der Waals surface area contributed by atoms with Gasteiger partial charge in [0.2, 0.25) is 0 Å². The Labute approximate surface area is 368 Å². The van der Waals surface area contributed by atoms with Crippen molar-refractivity contribution in [3.8, 4) is 5.75 Å². The number of nitrogens with zero attached hydrogens (tertiary/aromatic N) is 2. The second-order valence-corrected chi connectivity index (χ2v) is 22.1.